The second-order valence-corrected chi connectivity index (χ2v) is 4.22. The number of nitrogens with one attached hydrogen (secondary N) is 2. The molecule has 1 rings (SSSR count). The number of Topliss-reactive ketones (excluding diaryl/α,β-unsaturated/α-hetero) is 1. The minimum absolute atomic E-state index is 0.0505. The van der Waals surface area contributed by atoms with Crippen molar-refractivity contribution in [3.63, 3.8) is 0 Å². The van der Waals surface area contributed by atoms with Gasteiger partial charge in [-0.05, 0) is 45.0 Å². The zero-order valence-corrected chi connectivity index (χ0v) is 10.6. The number of carbonyl (C=O) groups is 3. The Morgan fingerprint density at radius 3 is 2.00 bits per heavy atom. The molecule has 0 unspecified atom stereocenters. The lowest BCUT2D eigenvalue weighted by atomic mass is 10.1. The maximum atomic E-state index is 11.5. The average molecular weight is 248 g/mol. The van der Waals surface area contributed by atoms with E-state index >= 15 is 0 Å². The Balaban J connectivity index is 2.65. The maximum Gasteiger partial charge on any atom is 0.313 e. The van der Waals surface area contributed by atoms with Gasteiger partial charge in [-0.1, -0.05) is 0 Å². The summed E-state index contributed by atoms with van der Waals surface area (Å²) >= 11 is 0. The summed E-state index contributed by atoms with van der Waals surface area (Å²) in [7, 11) is 0. The first-order valence-electron chi connectivity index (χ1n) is 5.63. The number of benzene rings is 1. The summed E-state index contributed by atoms with van der Waals surface area (Å²) < 4.78 is 0. The van der Waals surface area contributed by atoms with Crippen molar-refractivity contribution >= 4 is 23.3 Å². The van der Waals surface area contributed by atoms with Crippen LogP contribution in [-0.2, 0) is 9.59 Å². The van der Waals surface area contributed by atoms with Crippen LogP contribution in [0.15, 0.2) is 24.3 Å². The Morgan fingerprint density at radius 2 is 1.56 bits per heavy atom. The van der Waals surface area contributed by atoms with Crippen molar-refractivity contribution in [3.8, 4) is 0 Å². The molecule has 18 heavy (non-hydrogen) atoms. The Morgan fingerprint density at radius 1 is 1.00 bits per heavy atom. The van der Waals surface area contributed by atoms with Crippen molar-refractivity contribution in [2.75, 3.05) is 5.32 Å². The van der Waals surface area contributed by atoms with Crippen molar-refractivity contribution < 1.29 is 14.4 Å². The van der Waals surface area contributed by atoms with Crippen LogP contribution in [0.2, 0.25) is 0 Å². The number of ketones is 1. The van der Waals surface area contributed by atoms with E-state index < -0.39 is 11.8 Å². The lowest BCUT2D eigenvalue weighted by molar-refractivity contribution is -0.136. The predicted molar refractivity (Wildman–Crippen MR) is 68.4 cm³/mol. The van der Waals surface area contributed by atoms with E-state index in [1.54, 1.807) is 38.1 Å². The molecule has 0 saturated carbocycles. The molecule has 0 spiro atoms. The molecule has 0 fully saturated rings. The van der Waals surface area contributed by atoms with Crippen molar-refractivity contribution in [2.45, 2.75) is 26.8 Å². The average Bonchev–Trinajstić information content (AvgIpc) is 2.28. The first kappa shape index (κ1) is 13.9. The maximum absolute atomic E-state index is 11.5. The lowest BCUT2D eigenvalue weighted by Gasteiger charge is -2.08. The molecular weight excluding hydrogens is 232 g/mol. The highest BCUT2D eigenvalue weighted by molar-refractivity contribution is 6.39. The summed E-state index contributed by atoms with van der Waals surface area (Å²) in [5, 5.41) is 4.94. The van der Waals surface area contributed by atoms with Crippen molar-refractivity contribution in [1.82, 2.24) is 5.32 Å². The number of carbonyl (C=O) groups excluding carboxylic acids is 3. The van der Waals surface area contributed by atoms with Crippen LogP contribution in [0.4, 0.5) is 5.69 Å². The molecule has 0 aliphatic heterocycles. The SMILES string of the molecule is CC(=O)c1ccc(NC(=O)C(=O)NC(C)C)cc1. The Labute approximate surface area is 106 Å². The zero-order chi connectivity index (χ0) is 13.7. The van der Waals surface area contributed by atoms with E-state index in [1.807, 2.05) is 0 Å². The van der Waals surface area contributed by atoms with Gasteiger partial charge in [0.05, 0.1) is 0 Å². The summed E-state index contributed by atoms with van der Waals surface area (Å²) in [5.41, 5.74) is 1.03. The summed E-state index contributed by atoms with van der Waals surface area (Å²) in [5.74, 6) is -1.45. The third-order valence-corrected chi connectivity index (χ3v) is 2.18. The van der Waals surface area contributed by atoms with Gasteiger partial charge in [-0.15, -0.1) is 0 Å². The molecule has 2 N–H and O–H groups in total. The van der Waals surface area contributed by atoms with Crippen molar-refractivity contribution in [2.24, 2.45) is 0 Å². The zero-order valence-electron chi connectivity index (χ0n) is 10.6. The number of rotatable bonds is 3. The van der Waals surface area contributed by atoms with Crippen LogP contribution in [-0.4, -0.2) is 23.6 Å². The quantitative estimate of drug-likeness (QED) is 0.626. The fraction of sp³-hybridized carbons (Fsp3) is 0.308. The van der Waals surface area contributed by atoms with E-state index in [4.69, 9.17) is 0 Å². The molecule has 5 nitrogen and oxygen atoms in total. The highest BCUT2D eigenvalue weighted by atomic mass is 16.2. The van der Waals surface area contributed by atoms with Gasteiger partial charge < -0.3 is 10.6 Å². The number of hydrogen-bond acceptors (Lipinski definition) is 3. The summed E-state index contributed by atoms with van der Waals surface area (Å²) in [6, 6.07) is 6.26. The Bertz CT molecular complexity index is 464. The van der Waals surface area contributed by atoms with Gasteiger partial charge in [0.15, 0.2) is 5.78 Å². The van der Waals surface area contributed by atoms with Gasteiger partial charge >= 0.3 is 11.8 Å². The molecule has 0 aliphatic rings. The highest BCUT2D eigenvalue weighted by Gasteiger charge is 2.14. The first-order valence-corrected chi connectivity index (χ1v) is 5.63. The standard InChI is InChI=1S/C13H16N2O3/c1-8(2)14-12(17)13(18)15-11-6-4-10(5-7-11)9(3)16/h4-8H,1-3H3,(H,14,17)(H,15,18). The highest BCUT2D eigenvalue weighted by Crippen LogP contribution is 2.09. The molecule has 0 saturated heterocycles. The van der Waals surface area contributed by atoms with E-state index in [1.165, 1.54) is 6.92 Å². The predicted octanol–water partition coefficient (Wildman–Crippen LogP) is 1.35. The van der Waals surface area contributed by atoms with Crippen LogP contribution in [0.5, 0.6) is 0 Å². The summed E-state index contributed by atoms with van der Waals surface area (Å²) in [6.07, 6.45) is 0. The largest absolute Gasteiger partial charge is 0.346 e. The molecular formula is C13H16N2O3. The van der Waals surface area contributed by atoms with E-state index in [0.717, 1.165) is 0 Å². The van der Waals surface area contributed by atoms with Crippen LogP contribution >= 0.6 is 0 Å². The van der Waals surface area contributed by atoms with Gasteiger partial charge in [0, 0.05) is 17.3 Å². The molecule has 96 valence electrons. The smallest absolute Gasteiger partial charge is 0.313 e. The minimum atomic E-state index is -0.723. The molecule has 0 aromatic heterocycles. The third kappa shape index (κ3) is 4.01. The molecule has 0 radical (unpaired) electrons. The Kier molecular flexibility index (Phi) is 4.59. The van der Waals surface area contributed by atoms with Gasteiger partial charge in [-0.3, -0.25) is 14.4 Å². The van der Waals surface area contributed by atoms with Gasteiger partial charge in [-0.25, -0.2) is 0 Å². The number of hydrogen-bond donors (Lipinski definition) is 2. The Hall–Kier alpha value is -2.17. The fourth-order valence-electron chi connectivity index (χ4n) is 1.30. The van der Waals surface area contributed by atoms with E-state index in [0.29, 0.717) is 11.3 Å². The molecule has 1 aromatic carbocycles. The molecule has 1 aromatic rings. The molecule has 0 heterocycles. The van der Waals surface area contributed by atoms with Crippen molar-refractivity contribution in [1.29, 1.82) is 0 Å². The minimum Gasteiger partial charge on any atom is -0.346 e. The van der Waals surface area contributed by atoms with Gasteiger partial charge in [0.1, 0.15) is 0 Å². The molecule has 0 aliphatic carbocycles. The topological polar surface area (TPSA) is 75.3 Å². The van der Waals surface area contributed by atoms with Crippen LogP contribution in [0.25, 0.3) is 0 Å². The molecule has 2 amide bonds. The van der Waals surface area contributed by atoms with Crippen molar-refractivity contribution in [3.05, 3.63) is 29.8 Å². The van der Waals surface area contributed by atoms with Crippen LogP contribution in [0, 0.1) is 0 Å². The third-order valence-electron chi connectivity index (χ3n) is 2.18. The first-order chi connectivity index (χ1) is 8.40. The van der Waals surface area contributed by atoms with Crippen LogP contribution in [0.3, 0.4) is 0 Å². The van der Waals surface area contributed by atoms with E-state index in [-0.39, 0.29) is 11.8 Å². The van der Waals surface area contributed by atoms with Gasteiger partial charge in [0.25, 0.3) is 0 Å². The van der Waals surface area contributed by atoms with E-state index in [9.17, 15) is 14.4 Å². The van der Waals surface area contributed by atoms with E-state index in [2.05, 4.69) is 10.6 Å². The van der Waals surface area contributed by atoms with Crippen LogP contribution in [0.1, 0.15) is 31.1 Å². The van der Waals surface area contributed by atoms with Gasteiger partial charge in [0.2, 0.25) is 0 Å². The molecule has 0 bridgehead atoms. The van der Waals surface area contributed by atoms with Crippen LogP contribution < -0.4 is 10.6 Å². The van der Waals surface area contributed by atoms with Gasteiger partial charge in [-0.2, -0.15) is 0 Å². The molecule has 5 heteroatoms. The second kappa shape index (κ2) is 5.95. The molecule has 0 atom stereocenters. The normalized spacial score (nSPS) is 10.0. The second-order valence-electron chi connectivity index (χ2n) is 4.22. The monoisotopic (exact) mass is 248 g/mol. The fourth-order valence-corrected chi connectivity index (χ4v) is 1.30. The summed E-state index contributed by atoms with van der Waals surface area (Å²) in [6.45, 7) is 5.00. The number of amides is 2. The lowest BCUT2D eigenvalue weighted by Crippen LogP contribution is -2.39. The summed E-state index contributed by atoms with van der Waals surface area (Å²) in [4.78, 5) is 33.9. The number of anilines is 1.